The second kappa shape index (κ2) is 6.35. The van der Waals surface area contributed by atoms with Crippen molar-refractivity contribution in [3.63, 3.8) is 0 Å². The first-order valence-electron chi connectivity index (χ1n) is 8.36. The van der Waals surface area contributed by atoms with Gasteiger partial charge in [0.15, 0.2) is 0 Å². The summed E-state index contributed by atoms with van der Waals surface area (Å²) in [4.78, 5) is 14.0. The lowest BCUT2D eigenvalue weighted by atomic mass is 10.0. The van der Waals surface area contributed by atoms with Crippen molar-refractivity contribution in [3.05, 3.63) is 18.6 Å². The maximum atomic E-state index is 12.4. The zero-order valence-electron chi connectivity index (χ0n) is 13.8. The van der Waals surface area contributed by atoms with Gasteiger partial charge in [0.1, 0.15) is 23.5 Å². The van der Waals surface area contributed by atoms with Gasteiger partial charge in [-0.15, -0.1) is 0 Å². The molecule has 5 nitrogen and oxygen atoms in total. The Morgan fingerprint density at radius 2 is 2.00 bits per heavy atom. The number of nitrogens with one attached hydrogen (secondary N) is 1. The third-order valence-corrected chi connectivity index (χ3v) is 6.44. The number of halogens is 3. The minimum Gasteiger partial charge on any atom is -0.356 e. The van der Waals surface area contributed by atoms with Gasteiger partial charge in [0.25, 0.3) is 0 Å². The van der Waals surface area contributed by atoms with Crippen molar-refractivity contribution in [2.24, 2.45) is 11.8 Å². The fraction of sp³-hybridized carbons (Fsp3) is 0.625. The van der Waals surface area contributed by atoms with Crippen molar-refractivity contribution in [2.75, 3.05) is 30.8 Å². The van der Waals surface area contributed by atoms with Crippen LogP contribution < -0.4 is 4.90 Å². The lowest BCUT2D eigenvalue weighted by Crippen LogP contribution is -2.32. The van der Waals surface area contributed by atoms with Crippen molar-refractivity contribution in [1.82, 2.24) is 19.3 Å². The summed E-state index contributed by atoms with van der Waals surface area (Å²) >= 11 is 0.927. The molecule has 9 heteroatoms. The molecule has 0 bridgehead atoms. The van der Waals surface area contributed by atoms with Gasteiger partial charge in [0.2, 0.25) is 0 Å². The number of aromatic amines is 1. The van der Waals surface area contributed by atoms with Gasteiger partial charge < -0.3 is 9.88 Å². The molecule has 136 valence electrons. The molecule has 25 heavy (non-hydrogen) atoms. The summed E-state index contributed by atoms with van der Waals surface area (Å²) in [5.41, 5.74) is 0.824. The molecule has 3 heterocycles. The zero-order chi connectivity index (χ0) is 17.6. The first-order chi connectivity index (χ1) is 11.9. The second-order valence-corrected chi connectivity index (χ2v) is 7.99. The monoisotopic (exact) mass is 371 g/mol. The van der Waals surface area contributed by atoms with E-state index in [0.717, 1.165) is 54.7 Å². The van der Waals surface area contributed by atoms with Crippen LogP contribution in [-0.4, -0.2) is 57.4 Å². The molecule has 3 atom stereocenters. The summed E-state index contributed by atoms with van der Waals surface area (Å²) in [6, 6.07) is 2.35. The number of hydrogen-bond donors (Lipinski definition) is 1. The third kappa shape index (κ3) is 3.44. The summed E-state index contributed by atoms with van der Waals surface area (Å²) in [6.07, 6.45) is 1.33. The molecule has 2 aliphatic rings. The Morgan fingerprint density at radius 1 is 1.28 bits per heavy atom. The van der Waals surface area contributed by atoms with Gasteiger partial charge in [-0.1, -0.05) is 11.9 Å². The molecule has 0 amide bonds. The van der Waals surface area contributed by atoms with Gasteiger partial charge in [0.05, 0.1) is 5.39 Å². The predicted octanol–water partition coefficient (Wildman–Crippen LogP) is 3.32. The highest BCUT2D eigenvalue weighted by Gasteiger charge is 2.43. The number of nitrogens with zero attached hydrogens (tertiary/aromatic N) is 4. The molecule has 1 saturated heterocycles. The average molecular weight is 371 g/mol. The van der Waals surface area contributed by atoms with Crippen LogP contribution in [0.5, 0.6) is 0 Å². The molecular weight excluding hydrogens is 351 g/mol. The highest BCUT2D eigenvalue weighted by molar-refractivity contribution is 7.97. The van der Waals surface area contributed by atoms with Gasteiger partial charge in [-0.2, -0.15) is 13.2 Å². The number of alkyl halides is 3. The Balaban J connectivity index is 1.39. The van der Waals surface area contributed by atoms with Crippen LogP contribution in [0.25, 0.3) is 11.0 Å². The van der Waals surface area contributed by atoms with Crippen LogP contribution in [0.15, 0.2) is 18.6 Å². The standard InChI is InChI=1S/C16H20F3N5S/c1-23(15-13-2-3-20-14(13)21-9-22-15)12-4-10-6-24(7-11(10)5-12)25-8-16(17,18)19/h2-3,9-12H,4-8H2,1H3,(H,20,21,22)/t10-,11?,12?/m0/s1. The molecule has 1 aliphatic heterocycles. The number of aromatic nitrogens is 3. The molecule has 2 aromatic heterocycles. The van der Waals surface area contributed by atoms with E-state index in [0.29, 0.717) is 17.9 Å². The van der Waals surface area contributed by atoms with E-state index >= 15 is 0 Å². The molecule has 2 fully saturated rings. The summed E-state index contributed by atoms with van der Waals surface area (Å²) in [5.74, 6) is 1.07. The van der Waals surface area contributed by atoms with E-state index in [1.807, 2.05) is 16.6 Å². The minimum atomic E-state index is -4.10. The van der Waals surface area contributed by atoms with Crippen LogP contribution in [-0.2, 0) is 0 Å². The van der Waals surface area contributed by atoms with Crippen LogP contribution in [0.3, 0.4) is 0 Å². The van der Waals surface area contributed by atoms with E-state index in [2.05, 4.69) is 26.9 Å². The number of fused-ring (bicyclic) bond motifs is 2. The minimum absolute atomic E-state index is 0.373. The fourth-order valence-corrected chi connectivity index (χ4v) is 5.05. The zero-order valence-corrected chi connectivity index (χ0v) is 14.6. The molecule has 4 rings (SSSR count). The molecule has 1 aliphatic carbocycles. The summed E-state index contributed by atoms with van der Waals surface area (Å²) < 4.78 is 39.1. The van der Waals surface area contributed by atoms with Gasteiger partial charge in [-0.3, -0.25) is 0 Å². The molecule has 1 N–H and O–H groups in total. The average Bonchev–Trinajstić information content (AvgIpc) is 3.24. The van der Waals surface area contributed by atoms with Gasteiger partial charge in [-0.25, -0.2) is 14.3 Å². The predicted molar refractivity (Wildman–Crippen MR) is 92.4 cm³/mol. The fourth-order valence-electron chi connectivity index (χ4n) is 4.12. The molecular formula is C16H20F3N5S. The van der Waals surface area contributed by atoms with Crippen molar-refractivity contribution >= 4 is 28.8 Å². The lowest BCUT2D eigenvalue weighted by molar-refractivity contribution is -0.105. The Kier molecular flexibility index (Phi) is 4.31. The number of anilines is 1. The third-order valence-electron chi connectivity index (χ3n) is 5.32. The van der Waals surface area contributed by atoms with E-state index in [1.165, 1.54) is 0 Å². The molecule has 1 saturated carbocycles. The maximum absolute atomic E-state index is 12.4. The van der Waals surface area contributed by atoms with Crippen LogP contribution in [0, 0.1) is 11.8 Å². The first-order valence-corrected chi connectivity index (χ1v) is 9.30. The van der Waals surface area contributed by atoms with Gasteiger partial charge >= 0.3 is 6.18 Å². The summed E-state index contributed by atoms with van der Waals surface area (Å²) in [7, 11) is 2.05. The topological polar surface area (TPSA) is 48.1 Å². The van der Waals surface area contributed by atoms with E-state index < -0.39 is 11.9 Å². The van der Waals surface area contributed by atoms with Crippen molar-refractivity contribution in [3.8, 4) is 0 Å². The second-order valence-electron chi connectivity index (χ2n) is 6.93. The summed E-state index contributed by atoms with van der Waals surface area (Å²) in [6.45, 7) is 1.50. The number of hydrogen-bond acceptors (Lipinski definition) is 5. The highest BCUT2D eigenvalue weighted by Crippen LogP contribution is 2.43. The lowest BCUT2D eigenvalue weighted by Gasteiger charge is -2.27. The largest absolute Gasteiger partial charge is 0.399 e. The number of H-pyrrole nitrogens is 1. The van der Waals surface area contributed by atoms with Gasteiger partial charge in [-0.05, 0) is 30.7 Å². The van der Waals surface area contributed by atoms with Crippen LogP contribution in [0.1, 0.15) is 12.8 Å². The summed E-state index contributed by atoms with van der Waals surface area (Å²) in [5, 5.41) is 1.00. The van der Waals surface area contributed by atoms with E-state index in [9.17, 15) is 13.2 Å². The van der Waals surface area contributed by atoms with E-state index in [4.69, 9.17) is 0 Å². The number of rotatable bonds is 4. The van der Waals surface area contributed by atoms with Crippen LogP contribution in [0.4, 0.5) is 19.0 Å². The van der Waals surface area contributed by atoms with Crippen molar-refractivity contribution in [2.45, 2.75) is 25.1 Å². The van der Waals surface area contributed by atoms with Gasteiger partial charge in [0, 0.05) is 32.4 Å². The Labute approximate surface area is 148 Å². The maximum Gasteiger partial charge on any atom is 0.399 e. The molecule has 2 aromatic rings. The molecule has 2 unspecified atom stereocenters. The van der Waals surface area contributed by atoms with Crippen molar-refractivity contribution in [1.29, 1.82) is 0 Å². The molecule has 0 spiro atoms. The normalized spacial score (nSPS) is 27.1. The smallest absolute Gasteiger partial charge is 0.356 e. The quantitative estimate of drug-likeness (QED) is 0.836. The first kappa shape index (κ1) is 17.0. The van der Waals surface area contributed by atoms with Crippen LogP contribution in [0.2, 0.25) is 0 Å². The van der Waals surface area contributed by atoms with E-state index in [1.54, 1.807) is 6.33 Å². The highest BCUT2D eigenvalue weighted by atomic mass is 32.2. The van der Waals surface area contributed by atoms with Crippen LogP contribution >= 0.6 is 11.9 Å². The molecule has 0 radical (unpaired) electrons. The Morgan fingerprint density at radius 3 is 2.68 bits per heavy atom. The SMILES string of the molecule is CN(c1ncnc2[nH]ccc12)C1CC2CN(SCC(F)(F)F)C[C@@H]2C1. The Hall–Kier alpha value is -1.48. The van der Waals surface area contributed by atoms with E-state index in [-0.39, 0.29) is 0 Å². The van der Waals surface area contributed by atoms with Crippen molar-refractivity contribution < 1.29 is 13.2 Å². The Bertz CT molecular complexity index is 735. The molecule has 0 aromatic carbocycles.